The fourth-order valence-electron chi connectivity index (χ4n) is 2.36. The van der Waals surface area contributed by atoms with E-state index in [0.717, 1.165) is 6.92 Å². The molecule has 1 saturated carbocycles. The summed E-state index contributed by atoms with van der Waals surface area (Å²) in [5, 5.41) is 0. The summed E-state index contributed by atoms with van der Waals surface area (Å²) in [6.07, 6.45) is 4.21. The van der Waals surface area contributed by atoms with Gasteiger partial charge in [0.1, 0.15) is 6.61 Å². The molecule has 0 saturated heterocycles. The number of halogens is 4. The lowest BCUT2D eigenvalue weighted by molar-refractivity contribution is -0.151. The molecule has 0 amide bonds. The smallest absolute Gasteiger partial charge is 0.312 e. The van der Waals surface area contributed by atoms with Crippen molar-refractivity contribution in [2.24, 2.45) is 11.3 Å². The number of carbonyl (C=O) groups is 1. The van der Waals surface area contributed by atoms with Crippen molar-refractivity contribution < 1.29 is 27.1 Å². The summed E-state index contributed by atoms with van der Waals surface area (Å²) in [5.74, 6) is -6.66. The Morgan fingerprint density at radius 3 is 2.27 bits per heavy atom. The zero-order valence-corrected chi connectivity index (χ0v) is 12.5. The van der Waals surface area contributed by atoms with E-state index in [1.807, 2.05) is 13.0 Å². The Bertz CT molecular complexity index is 625. The second kappa shape index (κ2) is 5.74. The van der Waals surface area contributed by atoms with Gasteiger partial charge in [0.2, 0.25) is 0 Å². The third kappa shape index (κ3) is 2.62. The number of carbonyl (C=O) groups excluding carboxylic acids is 1. The molecule has 0 radical (unpaired) electrons. The molecular weight excluding hydrogens is 300 g/mol. The van der Waals surface area contributed by atoms with Crippen LogP contribution in [0.25, 0.3) is 0 Å². The monoisotopic (exact) mass is 316 g/mol. The molecule has 1 aromatic carbocycles. The lowest BCUT2D eigenvalue weighted by atomic mass is 10.1. The van der Waals surface area contributed by atoms with Crippen LogP contribution in [0.5, 0.6) is 0 Å². The van der Waals surface area contributed by atoms with E-state index in [-0.39, 0.29) is 5.92 Å². The van der Waals surface area contributed by atoms with Crippen LogP contribution in [0.15, 0.2) is 12.2 Å². The van der Waals surface area contributed by atoms with Crippen LogP contribution in [0.2, 0.25) is 0 Å². The second-order valence-corrected chi connectivity index (χ2v) is 5.69. The van der Waals surface area contributed by atoms with Gasteiger partial charge >= 0.3 is 5.97 Å². The van der Waals surface area contributed by atoms with E-state index in [0.29, 0.717) is 6.42 Å². The maximum Gasteiger partial charge on any atom is 0.312 e. The number of hydrogen-bond acceptors (Lipinski definition) is 2. The number of allylic oxidation sites excluding steroid dienone is 2. The lowest BCUT2D eigenvalue weighted by Gasteiger charge is -2.13. The van der Waals surface area contributed by atoms with Crippen molar-refractivity contribution in [2.45, 2.75) is 33.8 Å². The molecule has 6 heteroatoms. The number of hydrogen-bond donors (Lipinski definition) is 0. The van der Waals surface area contributed by atoms with Gasteiger partial charge in [-0.2, -0.15) is 0 Å². The van der Waals surface area contributed by atoms with Crippen molar-refractivity contribution in [3.05, 3.63) is 46.5 Å². The minimum Gasteiger partial charge on any atom is -0.460 e. The molecule has 1 aliphatic carbocycles. The van der Waals surface area contributed by atoms with E-state index in [4.69, 9.17) is 4.74 Å². The Hall–Kier alpha value is -1.85. The molecule has 1 aromatic rings. The molecular formula is C16H16F4O2. The molecule has 0 spiro atoms. The predicted octanol–water partition coefficient (Wildman–Crippen LogP) is 4.20. The molecule has 1 aliphatic rings. The standard InChI is InChI=1S/C16H16F4O2/c1-4-5-9-6-16(9,3)15(21)22-7-10-13(19)11(17)8(2)12(18)14(10)20/h4-5,9H,6-7H2,1-3H3. The van der Waals surface area contributed by atoms with E-state index in [9.17, 15) is 22.4 Å². The Morgan fingerprint density at radius 1 is 1.23 bits per heavy atom. The van der Waals surface area contributed by atoms with Crippen molar-refractivity contribution >= 4 is 5.97 Å². The van der Waals surface area contributed by atoms with Crippen molar-refractivity contribution in [1.82, 2.24) is 0 Å². The van der Waals surface area contributed by atoms with Gasteiger partial charge in [-0.15, -0.1) is 0 Å². The Balaban J connectivity index is 2.15. The first-order chi connectivity index (χ1) is 10.2. The quantitative estimate of drug-likeness (QED) is 0.360. The van der Waals surface area contributed by atoms with Crippen LogP contribution >= 0.6 is 0 Å². The van der Waals surface area contributed by atoms with Crippen LogP contribution in [0.4, 0.5) is 17.6 Å². The molecule has 0 heterocycles. The third-order valence-electron chi connectivity index (χ3n) is 4.11. The summed E-state index contributed by atoms with van der Waals surface area (Å²) < 4.78 is 59.1. The Kier molecular flexibility index (Phi) is 4.31. The molecule has 22 heavy (non-hydrogen) atoms. The summed E-state index contributed by atoms with van der Waals surface area (Å²) in [7, 11) is 0. The lowest BCUT2D eigenvalue weighted by Crippen LogP contribution is -2.19. The maximum absolute atomic E-state index is 13.7. The predicted molar refractivity (Wildman–Crippen MR) is 71.8 cm³/mol. The highest BCUT2D eigenvalue weighted by molar-refractivity contribution is 5.80. The SMILES string of the molecule is CC=CC1CC1(C)C(=O)OCc1c(F)c(F)c(C)c(F)c1F. The summed E-state index contributed by atoms with van der Waals surface area (Å²) in [4.78, 5) is 12.0. The van der Waals surface area contributed by atoms with Gasteiger partial charge in [-0.25, -0.2) is 17.6 Å². The molecule has 0 N–H and O–H groups in total. The zero-order chi connectivity index (χ0) is 16.7. The number of rotatable bonds is 4. The minimum absolute atomic E-state index is 0.00573. The van der Waals surface area contributed by atoms with Crippen LogP contribution in [0, 0.1) is 41.5 Å². The molecule has 0 bridgehead atoms. The highest BCUT2D eigenvalue weighted by Crippen LogP contribution is 2.54. The fraction of sp³-hybridized carbons (Fsp3) is 0.438. The first-order valence-electron chi connectivity index (χ1n) is 6.85. The van der Waals surface area contributed by atoms with Crippen molar-refractivity contribution in [3.63, 3.8) is 0 Å². The van der Waals surface area contributed by atoms with E-state index in [1.165, 1.54) is 0 Å². The third-order valence-corrected chi connectivity index (χ3v) is 4.11. The van der Waals surface area contributed by atoms with Gasteiger partial charge < -0.3 is 4.74 Å². The van der Waals surface area contributed by atoms with Crippen LogP contribution in [0.1, 0.15) is 31.4 Å². The first-order valence-corrected chi connectivity index (χ1v) is 6.85. The van der Waals surface area contributed by atoms with Gasteiger partial charge in [0.05, 0.1) is 11.0 Å². The van der Waals surface area contributed by atoms with Gasteiger partial charge in [0, 0.05) is 5.56 Å². The molecule has 2 rings (SSSR count). The minimum atomic E-state index is -1.53. The van der Waals surface area contributed by atoms with E-state index >= 15 is 0 Å². The van der Waals surface area contributed by atoms with Gasteiger partial charge in [0.15, 0.2) is 23.3 Å². The van der Waals surface area contributed by atoms with Crippen LogP contribution in [-0.2, 0) is 16.1 Å². The maximum atomic E-state index is 13.7. The Labute approximate surface area is 125 Å². The summed E-state index contributed by atoms with van der Waals surface area (Å²) in [5.41, 5.74) is -2.41. The van der Waals surface area contributed by atoms with Crippen molar-refractivity contribution in [2.75, 3.05) is 0 Å². The second-order valence-electron chi connectivity index (χ2n) is 5.69. The van der Waals surface area contributed by atoms with Crippen molar-refractivity contribution in [3.8, 4) is 0 Å². The summed E-state index contributed by atoms with van der Waals surface area (Å²) in [6.45, 7) is 3.57. The van der Waals surface area contributed by atoms with E-state index < -0.39 is 52.4 Å². The molecule has 2 atom stereocenters. The van der Waals surface area contributed by atoms with Crippen LogP contribution in [0.3, 0.4) is 0 Å². The fourth-order valence-corrected chi connectivity index (χ4v) is 2.36. The topological polar surface area (TPSA) is 26.3 Å². The van der Waals surface area contributed by atoms with Crippen molar-refractivity contribution in [1.29, 1.82) is 0 Å². The number of benzene rings is 1. The molecule has 2 nitrogen and oxygen atoms in total. The first kappa shape index (κ1) is 16.5. The molecule has 0 aliphatic heterocycles. The average Bonchev–Trinajstić information content (AvgIpc) is 3.15. The molecule has 0 aromatic heterocycles. The van der Waals surface area contributed by atoms with Gasteiger partial charge in [-0.3, -0.25) is 4.79 Å². The highest BCUT2D eigenvalue weighted by atomic mass is 19.2. The molecule has 2 unspecified atom stereocenters. The van der Waals surface area contributed by atoms with E-state index in [2.05, 4.69) is 0 Å². The van der Waals surface area contributed by atoms with Crippen LogP contribution in [-0.4, -0.2) is 5.97 Å². The number of esters is 1. The average molecular weight is 316 g/mol. The number of ether oxygens (including phenoxy) is 1. The normalized spacial score (nSPS) is 23.9. The largest absolute Gasteiger partial charge is 0.460 e. The van der Waals surface area contributed by atoms with Crippen LogP contribution < -0.4 is 0 Å². The zero-order valence-electron chi connectivity index (χ0n) is 12.5. The van der Waals surface area contributed by atoms with E-state index in [1.54, 1.807) is 13.0 Å². The summed E-state index contributed by atoms with van der Waals surface area (Å²) in [6, 6.07) is 0. The summed E-state index contributed by atoms with van der Waals surface area (Å²) >= 11 is 0. The molecule has 120 valence electrons. The van der Waals surface area contributed by atoms with Gasteiger partial charge in [-0.05, 0) is 33.1 Å². The van der Waals surface area contributed by atoms with Gasteiger partial charge in [-0.1, -0.05) is 12.2 Å². The highest BCUT2D eigenvalue weighted by Gasteiger charge is 2.55. The van der Waals surface area contributed by atoms with Gasteiger partial charge in [0.25, 0.3) is 0 Å². The Morgan fingerprint density at radius 2 is 1.77 bits per heavy atom. The molecule has 1 fully saturated rings.